The smallest absolute Gasteiger partial charge is 0.225 e. The molecule has 3 fully saturated rings. The molecular weight excluding hydrogens is 416 g/mol. The average molecular weight is 449 g/mol. The number of carbonyl (C=O) groups excluding carboxylic acids is 2. The van der Waals surface area contributed by atoms with Crippen molar-refractivity contribution in [2.45, 2.75) is 64.0 Å². The van der Waals surface area contributed by atoms with Crippen molar-refractivity contribution in [3.8, 4) is 11.1 Å². The van der Waals surface area contributed by atoms with Crippen LogP contribution >= 0.6 is 0 Å². The molecule has 33 heavy (non-hydrogen) atoms. The summed E-state index contributed by atoms with van der Waals surface area (Å²) in [4.78, 5) is 42.8. The van der Waals surface area contributed by atoms with Crippen LogP contribution in [-0.4, -0.2) is 63.4 Å². The molecule has 0 radical (unpaired) electrons. The molecule has 8 heteroatoms. The summed E-state index contributed by atoms with van der Waals surface area (Å²) < 4.78 is 0. The lowest BCUT2D eigenvalue weighted by atomic mass is 10.00. The van der Waals surface area contributed by atoms with Crippen LogP contribution in [0.15, 0.2) is 30.7 Å². The second-order valence-electron chi connectivity index (χ2n) is 9.81. The first kappa shape index (κ1) is 21.8. The minimum atomic E-state index is -0.200. The number of nitrogens with zero attached hydrogens (tertiary/aromatic N) is 5. The quantitative estimate of drug-likeness (QED) is 0.731. The van der Waals surface area contributed by atoms with Gasteiger partial charge in [-0.1, -0.05) is 13.8 Å². The number of nitrogens with one attached hydrogen (secondary N) is 1. The molecule has 174 valence electrons. The Morgan fingerprint density at radius 3 is 2.52 bits per heavy atom. The largest absolute Gasteiger partial charge is 0.353 e. The van der Waals surface area contributed by atoms with Crippen LogP contribution in [0.5, 0.6) is 0 Å². The number of anilines is 1. The molecule has 0 bridgehead atoms. The van der Waals surface area contributed by atoms with Gasteiger partial charge in [-0.2, -0.15) is 0 Å². The van der Waals surface area contributed by atoms with Crippen molar-refractivity contribution in [3.63, 3.8) is 0 Å². The second-order valence-corrected chi connectivity index (χ2v) is 9.81. The third kappa shape index (κ3) is 4.70. The standard InChI is InChI=1S/C25H32N6O2/c1-16(2)23-21(17-5-9-26-10-6-17)14-27-25(29-23)30-11-7-19(8-12-30)28-24(33)18-13-22(32)31(15-18)20-3-4-20/h5-6,9-10,14,16,18-20H,3-4,7-8,11-13,15H2,1-2H3,(H,28,33)/t18-/m1/s1. The summed E-state index contributed by atoms with van der Waals surface area (Å²) in [5.41, 5.74) is 3.16. The van der Waals surface area contributed by atoms with Gasteiger partial charge in [0.25, 0.3) is 0 Å². The van der Waals surface area contributed by atoms with E-state index in [9.17, 15) is 9.59 Å². The Bertz CT molecular complexity index is 1010. The van der Waals surface area contributed by atoms with Gasteiger partial charge in [0.05, 0.1) is 11.6 Å². The molecule has 3 aliphatic rings. The van der Waals surface area contributed by atoms with Crippen LogP contribution in [0.4, 0.5) is 5.95 Å². The van der Waals surface area contributed by atoms with E-state index in [4.69, 9.17) is 4.98 Å². The number of piperidine rings is 1. The molecular formula is C25H32N6O2. The predicted molar refractivity (Wildman–Crippen MR) is 126 cm³/mol. The van der Waals surface area contributed by atoms with E-state index in [1.54, 1.807) is 12.4 Å². The third-order valence-electron chi connectivity index (χ3n) is 6.98. The fraction of sp³-hybridized carbons (Fsp3) is 0.560. The molecule has 1 saturated carbocycles. The molecule has 4 heterocycles. The molecule has 1 aliphatic carbocycles. The van der Waals surface area contributed by atoms with E-state index in [0.29, 0.717) is 19.0 Å². The molecule has 2 aliphatic heterocycles. The van der Waals surface area contributed by atoms with Gasteiger partial charge in [0, 0.05) is 62.3 Å². The molecule has 0 spiro atoms. The molecule has 2 aromatic rings. The average Bonchev–Trinajstić information content (AvgIpc) is 3.60. The van der Waals surface area contributed by atoms with Gasteiger partial charge in [0.2, 0.25) is 17.8 Å². The monoisotopic (exact) mass is 448 g/mol. The number of pyridine rings is 1. The summed E-state index contributed by atoms with van der Waals surface area (Å²) in [6.45, 7) is 6.49. The second kappa shape index (κ2) is 9.08. The minimum absolute atomic E-state index is 0.0324. The van der Waals surface area contributed by atoms with E-state index >= 15 is 0 Å². The summed E-state index contributed by atoms with van der Waals surface area (Å²) in [7, 11) is 0. The van der Waals surface area contributed by atoms with Crippen molar-refractivity contribution in [1.82, 2.24) is 25.2 Å². The van der Waals surface area contributed by atoms with Crippen LogP contribution in [0.2, 0.25) is 0 Å². The van der Waals surface area contributed by atoms with Gasteiger partial charge in [0.1, 0.15) is 0 Å². The molecule has 1 atom stereocenters. The molecule has 5 rings (SSSR count). The van der Waals surface area contributed by atoms with Gasteiger partial charge in [0.15, 0.2) is 0 Å². The number of likely N-dealkylation sites (tertiary alicyclic amines) is 1. The van der Waals surface area contributed by atoms with Crippen molar-refractivity contribution < 1.29 is 9.59 Å². The third-order valence-corrected chi connectivity index (χ3v) is 6.98. The molecule has 2 amide bonds. The van der Waals surface area contributed by atoms with Crippen molar-refractivity contribution in [2.75, 3.05) is 24.5 Å². The fourth-order valence-electron chi connectivity index (χ4n) is 4.92. The Balaban J connectivity index is 1.19. The number of hydrogen-bond acceptors (Lipinski definition) is 6. The van der Waals surface area contributed by atoms with Gasteiger partial charge in [-0.15, -0.1) is 0 Å². The van der Waals surface area contributed by atoms with Crippen molar-refractivity contribution in [3.05, 3.63) is 36.4 Å². The summed E-state index contributed by atoms with van der Waals surface area (Å²) in [5.74, 6) is 0.999. The zero-order valence-electron chi connectivity index (χ0n) is 19.4. The van der Waals surface area contributed by atoms with Crippen LogP contribution in [-0.2, 0) is 9.59 Å². The van der Waals surface area contributed by atoms with Crippen LogP contribution in [0.3, 0.4) is 0 Å². The lowest BCUT2D eigenvalue weighted by Gasteiger charge is -2.33. The highest BCUT2D eigenvalue weighted by molar-refractivity contribution is 5.89. The van der Waals surface area contributed by atoms with Gasteiger partial charge < -0.3 is 15.1 Å². The highest BCUT2D eigenvalue weighted by Crippen LogP contribution is 2.33. The predicted octanol–water partition coefficient (Wildman–Crippen LogP) is 2.76. The Hall–Kier alpha value is -3.03. The number of rotatable bonds is 6. The van der Waals surface area contributed by atoms with E-state index in [1.165, 1.54) is 0 Å². The first-order valence-electron chi connectivity index (χ1n) is 12.1. The maximum atomic E-state index is 12.8. The lowest BCUT2D eigenvalue weighted by Crippen LogP contribution is -2.47. The Morgan fingerprint density at radius 2 is 1.85 bits per heavy atom. The van der Waals surface area contributed by atoms with Crippen LogP contribution in [0, 0.1) is 5.92 Å². The zero-order valence-corrected chi connectivity index (χ0v) is 19.4. The SMILES string of the molecule is CC(C)c1nc(N2CCC(NC(=O)[C@@H]3CC(=O)N(C4CC4)C3)CC2)ncc1-c1ccncc1. The topological polar surface area (TPSA) is 91.3 Å². The summed E-state index contributed by atoms with van der Waals surface area (Å²) in [5, 5.41) is 3.20. The normalized spacial score (nSPS) is 21.7. The first-order chi connectivity index (χ1) is 16.0. The lowest BCUT2D eigenvalue weighted by molar-refractivity contribution is -0.129. The van der Waals surface area contributed by atoms with Gasteiger partial charge in [-0.25, -0.2) is 9.97 Å². The maximum Gasteiger partial charge on any atom is 0.225 e. The van der Waals surface area contributed by atoms with Crippen LogP contribution < -0.4 is 10.2 Å². The molecule has 0 unspecified atom stereocenters. The first-order valence-corrected chi connectivity index (χ1v) is 12.1. The maximum absolute atomic E-state index is 12.8. The fourth-order valence-corrected chi connectivity index (χ4v) is 4.92. The van der Waals surface area contributed by atoms with E-state index in [-0.39, 0.29) is 29.7 Å². The highest BCUT2D eigenvalue weighted by Gasteiger charge is 2.42. The minimum Gasteiger partial charge on any atom is -0.353 e. The summed E-state index contributed by atoms with van der Waals surface area (Å²) in [6.07, 6.45) is 9.73. The number of aromatic nitrogens is 3. The van der Waals surface area contributed by atoms with E-state index < -0.39 is 0 Å². The number of carbonyl (C=O) groups is 2. The van der Waals surface area contributed by atoms with E-state index in [1.807, 2.05) is 23.2 Å². The Kier molecular flexibility index (Phi) is 6.00. The Labute approximate surface area is 194 Å². The Morgan fingerprint density at radius 1 is 1.12 bits per heavy atom. The zero-order chi connectivity index (χ0) is 22.9. The molecule has 2 aromatic heterocycles. The molecule has 2 saturated heterocycles. The summed E-state index contributed by atoms with van der Waals surface area (Å²) >= 11 is 0. The molecule has 1 N–H and O–H groups in total. The van der Waals surface area contributed by atoms with Crippen molar-refractivity contribution >= 4 is 17.8 Å². The van der Waals surface area contributed by atoms with Crippen molar-refractivity contribution in [2.24, 2.45) is 5.92 Å². The number of hydrogen-bond donors (Lipinski definition) is 1. The van der Waals surface area contributed by atoms with Gasteiger partial charge in [-0.05, 0) is 49.3 Å². The van der Waals surface area contributed by atoms with Crippen molar-refractivity contribution in [1.29, 1.82) is 0 Å². The van der Waals surface area contributed by atoms with Gasteiger partial charge >= 0.3 is 0 Å². The van der Waals surface area contributed by atoms with E-state index in [0.717, 1.165) is 61.5 Å². The van der Waals surface area contributed by atoms with E-state index in [2.05, 4.69) is 34.0 Å². The number of amides is 2. The van der Waals surface area contributed by atoms with Gasteiger partial charge in [-0.3, -0.25) is 14.6 Å². The summed E-state index contributed by atoms with van der Waals surface area (Å²) in [6, 6.07) is 4.50. The van der Waals surface area contributed by atoms with Crippen LogP contribution in [0.1, 0.15) is 57.6 Å². The molecule has 8 nitrogen and oxygen atoms in total. The molecule has 0 aromatic carbocycles. The van der Waals surface area contributed by atoms with Crippen LogP contribution in [0.25, 0.3) is 11.1 Å². The highest BCUT2D eigenvalue weighted by atomic mass is 16.2.